The van der Waals surface area contributed by atoms with Crippen molar-refractivity contribution in [1.29, 1.82) is 0 Å². The number of aromatic nitrogens is 1. The van der Waals surface area contributed by atoms with Crippen molar-refractivity contribution < 1.29 is 0 Å². The smallest absolute Gasteiger partial charge is 0.103 e. The lowest BCUT2D eigenvalue weighted by atomic mass is 10.2. The van der Waals surface area contributed by atoms with Crippen LogP contribution in [0.2, 0.25) is 0 Å². The zero-order valence-electron chi connectivity index (χ0n) is 13.3. The van der Waals surface area contributed by atoms with Gasteiger partial charge in [0.25, 0.3) is 0 Å². The van der Waals surface area contributed by atoms with E-state index in [0.717, 1.165) is 18.7 Å². The van der Waals surface area contributed by atoms with Crippen LogP contribution in [-0.2, 0) is 5.75 Å². The van der Waals surface area contributed by atoms with E-state index in [9.17, 15) is 0 Å². The highest BCUT2D eigenvalue weighted by atomic mass is 32.2. The molecule has 0 aliphatic carbocycles. The Balaban J connectivity index is 2.00. The van der Waals surface area contributed by atoms with E-state index in [4.69, 9.17) is 4.98 Å². The van der Waals surface area contributed by atoms with Gasteiger partial charge < -0.3 is 5.32 Å². The molecule has 2 aromatic rings. The second-order valence-corrected chi connectivity index (χ2v) is 7.42. The molecule has 0 radical (unpaired) electrons. The summed E-state index contributed by atoms with van der Waals surface area (Å²) in [6.45, 7) is 9.78. The molecule has 1 aromatic heterocycles. The van der Waals surface area contributed by atoms with E-state index >= 15 is 0 Å². The SMILES string of the molecule is CCCNC(C)c1sc(CSc2ccccc2C)nc1C. The van der Waals surface area contributed by atoms with Crippen molar-refractivity contribution in [3.8, 4) is 0 Å². The van der Waals surface area contributed by atoms with Crippen LogP contribution in [0.5, 0.6) is 0 Å². The lowest BCUT2D eigenvalue weighted by Crippen LogP contribution is -2.18. The van der Waals surface area contributed by atoms with Crippen molar-refractivity contribution in [2.75, 3.05) is 6.54 Å². The molecule has 0 spiro atoms. The highest BCUT2D eigenvalue weighted by Crippen LogP contribution is 2.31. The van der Waals surface area contributed by atoms with E-state index < -0.39 is 0 Å². The van der Waals surface area contributed by atoms with Gasteiger partial charge in [0.05, 0.1) is 11.4 Å². The van der Waals surface area contributed by atoms with Gasteiger partial charge in [-0.2, -0.15) is 0 Å². The molecule has 0 aliphatic rings. The van der Waals surface area contributed by atoms with E-state index in [-0.39, 0.29) is 0 Å². The van der Waals surface area contributed by atoms with Crippen LogP contribution >= 0.6 is 23.1 Å². The van der Waals surface area contributed by atoms with E-state index in [1.807, 2.05) is 23.1 Å². The van der Waals surface area contributed by atoms with Crippen LogP contribution in [0.1, 0.15) is 47.5 Å². The molecule has 1 aromatic carbocycles. The molecular formula is C17H24N2S2. The monoisotopic (exact) mass is 320 g/mol. The first kappa shape index (κ1) is 16.5. The van der Waals surface area contributed by atoms with Gasteiger partial charge in [-0.1, -0.05) is 25.1 Å². The first-order valence-corrected chi connectivity index (χ1v) is 9.30. The average Bonchev–Trinajstić information content (AvgIpc) is 2.85. The Labute approximate surface area is 136 Å². The Morgan fingerprint density at radius 2 is 2.05 bits per heavy atom. The van der Waals surface area contributed by atoms with E-state index in [1.165, 1.54) is 26.0 Å². The van der Waals surface area contributed by atoms with E-state index in [0.29, 0.717) is 6.04 Å². The van der Waals surface area contributed by atoms with Gasteiger partial charge in [-0.3, -0.25) is 0 Å². The normalized spacial score (nSPS) is 12.6. The molecule has 0 saturated heterocycles. The number of thiazole rings is 1. The standard InChI is InChI=1S/C17H24N2S2/c1-5-10-18-13(3)17-14(4)19-16(21-17)11-20-15-9-7-6-8-12(15)2/h6-9,13,18H,5,10-11H2,1-4H3. The third-order valence-corrected chi connectivity index (χ3v) is 6.13. The van der Waals surface area contributed by atoms with Crippen LogP contribution < -0.4 is 5.32 Å². The Kier molecular flexibility index (Phi) is 6.27. The van der Waals surface area contributed by atoms with Crippen LogP contribution in [0, 0.1) is 13.8 Å². The van der Waals surface area contributed by atoms with Gasteiger partial charge in [-0.05, 0) is 45.4 Å². The number of rotatable bonds is 7. The summed E-state index contributed by atoms with van der Waals surface area (Å²) >= 11 is 3.73. The Morgan fingerprint density at radius 3 is 2.76 bits per heavy atom. The molecule has 1 atom stereocenters. The van der Waals surface area contributed by atoms with Crippen molar-refractivity contribution in [2.45, 2.75) is 50.8 Å². The second-order valence-electron chi connectivity index (χ2n) is 5.29. The zero-order chi connectivity index (χ0) is 15.2. The van der Waals surface area contributed by atoms with Crippen molar-refractivity contribution in [3.63, 3.8) is 0 Å². The summed E-state index contributed by atoms with van der Waals surface area (Å²) in [7, 11) is 0. The maximum absolute atomic E-state index is 4.74. The molecular weight excluding hydrogens is 296 g/mol. The first-order chi connectivity index (χ1) is 10.1. The van der Waals surface area contributed by atoms with Crippen LogP contribution in [0.4, 0.5) is 0 Å². The molecule has 4 heteroatoms. The van der Waals surface area contributed by atoms with Crippen LogP contribution in [0.15, 0.2) is 29.2 Å². The zero-order valence-corrected chi connectivity index (χ0v) is 14.9. The minimum Gasteiger partial charge on any atom is -0.309 e. The van der Waals surface area contributed by atoms with Gasteiger partial charge >= 0.3 is 0 Å². The van der Waals surface area contributed by atoms with Gasteiger partial charge in [0, 0.05) is 15.8 Å². The fourth-order valence-electron chi connectivity index (χ4n) is 2.24. The topological polar surface area (TPSA) is 24.9 Å². The fraction of sp³-hybridized carbons (Fsp3) is 0.471. The molecule has 2 rings (SSSR count). The third-order valence-electron chi connectivity index (χ3n) is 3.42. The van der Waals surface area contributed by atoms with Crippen molar-refractivity contribution in [3.05, 3.63) is 45.4 Å². The highest BCUT2D eigenvalue weighted by Gasteiger charge is 2.14. The predicted molar refractivity (Wildman–Crippen MR) is 94.3 cm³/mol. The number of hydrogen-bond acceptors (Lipinski definition) is 4. The van der Waals surface area contributed by atoms with E-state index in [1.54, 1.807) is 0 Å². The first-order valence-electron chi connectivity index (χ1n) is 7.49. The molecule has 1 unspecified atom stereocenters. The van der Waals surface area contributed by atoms with Gasteiger partial charge in [0.1, 0.15) is 5.01 Å². The van der Waals surface area contributed by atoms with Crippen LogP contribution in [0.3, 0.4) is 0 Å². The molecule has 0 bridgehead atoms. The lowest BCUT2D eigenvalue weighted by molar-refractivity contribution is 0.575. The fourth-order valence-corrected chi connectivity index (χ4v) is 4.36. The summed E-state index contributed by atoms with van der Waals surface area (Å²) in [5, 5.41) is 4.77. The van der Waals surface area contributed by atoms with Gasteiger partial charge in [-0.15, -0.1) is 23.1 Å². The summed E-state index contributed by atoms with van der Waals surface area (Å²) in [4.78, 5) is 7.47. The Morgan fingerprint density at radius 1 is 1.29 bits per heavy atom. The molecule has 0 aliphatic heterocycles. The number of hydrogen-bond donors (Lipinski definition) is 1. The van der Waals surface area contributed by atoms with Gasteiger partial charge in [0.15, 0.2) is 0 Å². The number of thioether (sulfide) groups is 1. The van der Waals surface area contributed by atoms with Crippen LogP contribution in [-0.4, -0.2) is 11.5 Å². The minimum atomic E-state index is 0.402. The van der Waals surface area contributed by atoms with Crippen molar-refractivity contribution in [2.24, 2.45) is 0 Å². The van der Waals surface area contributed by atoms with Crippen molar-refractivity contribution >= 4 is 23.1 Å². The molecule has 0 amide bonds. The largest absolute Gasteiger partial charge is 0.309 e. The minimum absolute atomic E-state index is 0.402. The predicted octanol–water partition coefficient (Wildman–Crippen LogP) is 5.11. The Hall–Kier alpha value is -0.840. The van der Waals surface area contributed by atoms with Crippen molar-refractivity contribution in [1.82, 2.24) is 10.3 Å². The summed E-state index contributed by atoms with van der Waals surface area (Å²) in [5.41, 5.74) is 2.52. The molecule has 0 fully saturated rings. The second kappa shape index (κ2) is 7.97. The average molecular weight is 321 g/mol. The number of aryl methyl sites for hydroxylation is 2. The van der Waals surface area contributed by atoms with E-state index in [2.05, 4.69) is 57.3 Å². The quantitative estimate of drug-likeness (QED) is 0.717. The molecule has 2 nitrogen and oxygen atoms in total. The third kappa shape index (κ3) is 4.56. The molecule has 1 N–H and O–H groups in total. The highest BCUT2D eigenvalue weighted by molar-refractivity contribution is 7.98. The molecule has 114 valence electrons. The number of nitrogens with zero attached hydrogens (tertiary/aromatic N) is 1. The summed E-state index contributed by atoms with van der Waals surface area (Å²) in [5.74, 6) is 0.955. The molecule has 0 saturated carbocycles. The number of nitrogens with one attached hydrogen (secondary N) is 1. The molecule has 21 heavy (non-hydrogen) atoms. The maximum atomic E-state index is 4.74. The van der Waals surface area contributed by atoms with Gasteiger partial charge in [0.2, 0.25) is 0 Å². The lowest BCUT2D eigenvalue weighted by Gasteiger charge is -2.11. The van der Waals surface area contributed by atoms with Crippen LogP contribution in [0.25, 0.3) is 0 Å². The Bertz CT molecular complexity index is 578. The molecule has 1 heterocycles. The maximum Gasteiger partial charge on any atom is 0.103 e. The summed E-state index contributed by atoms with van der Waals surface area (Å²) in [6, 6.07) is 8.95. The summed E-state index contributed by atoms with van der Waals surface area (Å²) < 4.78 is 0. The number of benzene rings is 1. The summed E-state index contributed by atoms with van der Waals surface area (Å²) in [6.07, 6.45) is 1.16. The van der Waals surface area contributed by atoms with Gasteiger partial charge in [-0.25, -0.2) is 4.98 Å².